The van der Waals surface area contributed by atoms with Crippen LogP contribution in [0.2, 0.25) is 0 Å². The largest absolute Gasteiger partial charge is 2.00 e. The van der Waals surface area contributed by atoms with Crippen molar-refractivity contribution in [1.29, 1.82) is 0 Å². The number of pyridine rings is 1. The van der Waals surface area contributed by atoms with Crippen LogP contribution in [0.3, 0.4) is 0 Å². The molecule has 3 aromatic heterocycles. The van der Waals surface area contributed by atoms with Crippen molar-refractivity contribution in [3.8, 4) is 56.6 Å². The summed E-state index contributed by atoms with van der Waals surface area (Å²) in [4.78, 5) is 9.43. The molecule has 210 valence electrons. The van der Waals surface area contributed by atoms with E-state index in [0.717, 1.165) is 61.4 Å². The molecule has 6 heteroatoms. The minimum Gasteiger partial charge on any atom is -0.503 e. The van der Waals surface area contributed by atoms with E-state index in [2.05, 4.69) is 105 Å². The molecule has 0 saturated heterocycles. The molecule has 0 saturated carbocycles. The zero-order chi connectivity index (χ0) is 28.3. The van der Waals surface area contributed by atoms with E-state index in [0.29, 0.717) is 11.5 Å². The van der Waals surface area contributed by atoms with Gasteiger partial charge in [-0.15, -0.1) is 29.7 Å². The summed E-state index contributed by atoms with van der Waals surface area (Å²) in [6, 6.07) is 46.5. The van der Waals surface area contributed by atoms with E-state index < -0.39 is 0 Å². The Morgan fingerprint density at radius 1 is 0.568 bits per heavy atom. The molecule has 4 heterocycles. The first-order valence-corrected chi connectivity index (χ1v) is 14.2. The summed E-state index contributed by atoms with van der Waals surface area (Å²) in [6.07, 6.45) is 5.65. The summed E-state index contributed by atoms with van der Waals surface area (Å²) in [6.45, 7) is 0. The maximum absolute atomic E-state index is 6.48. The van der Waals surface area contributed by atoms with Gasteiger partial charge < -0.3 is 13.9 Å². The number of imidazole rings is 1. The Morgan fingerprint density at radius 2 is 1.30 bits per heavy atom. The second-order valence-corrected chi connectivity index (χ2v) is 10.5. The summed E-state index contributed by atoms with van der Waals surface area (Å²) in [5, 5.41) is 2.23. The second kappa shape index (κ2) is 10.5. The smallest absolute Gasteiger partial charge is 0.503 e. The van der Waals surface area contributed by atoms with Gasteiger partial charge in [0.1, 0.15) is 5.82 Å². The standard InChI is InChI=1S/C38H22N4O.Pt/c1-2-10-28-27(9-1)29-18-16-25(23-33(29)38-40-21-22-41(38)34-13-5-3-11-30(28)34)43-26-17-19-32-31-12-4-6-14-35(31)42(36(32)24-26)37-15-7-8-20-39-37;/h1-22H;/q-2;+2. The topological polar surface area (TPSA) is 44.9 Å². The SMILES string of the molecule is [Pt+2].[c-]1c(Oc2[c-]c3c(cc2)c2ccccc2n3-c2ccccn2)ccc2c1-c1nccn1-c1ccccc1-c1ccccc1-2. The van der Waals surface area contributed by atoms with E-state index in [9.17, 15) is 0 Å². The third kappa shape index (κ3) is 4.05. The monoisotopic (exact) mass is 745 g/mol. The number of rotatable bonds is 3. The molecule has 0 radical (unpaired) electrons. The van der Waals surface area contributed by atoms with Crippen LogP contribution in [0.1, 0.15) is 0 Å². The van der Waals surface area contributed by atoms with E-state index in [4.69, 9.17) is 9.72 Å². The van der Waals surface area contributed by atoms with Gasteiger partial charge in [-0.2, -0.15) is 6.07 Å². The van der Waals surface area contributed by atoms with Crippen molar-refractivity contribution in [3.05, 3.63) is 146 Å². The van der Waals surface area contributed by atoms with Crippen LogP contribution in [0.5, 0.6) is 11.5 Å². The molecule has 0 amide bonds. The van der Waals surface area contributed by atoms with Crippen molar-refractivity contribution in [2.45, 2.75) is 0 Å². The van der Waals surface area contributed by atoms with Gasteiger partial charge in [-0.25, -0.2) is 4.98 Å². The van der Waals surface area contributed by atoms with Gasteiger partial charge in [0.2, 0.25) is 0 Å². The molecule has 1 aliphatic rings. The van der Waals surface area contributed by atoms with E-state index in [1.165, 1.54) is 5.56 Å². The fraction of sp³-hybridized carbons (Fsp3) is 0. The van der Waals surface area contributed by atoms with Gasteiger partial charge in [0.05, 0.1) is 5.82 Å². The molecule has 1 aliphatic heterocycles. The van der Waals surface area contributed by atoms with Gasteiger partial charge in [0, 0.05) is 46.9 Å². The molecule has 5 nitrogen and oxygen atoms in total. The molecule has 0 spiro atoms. The first-order chi connectivity index (χ1) is 21.3. The van der Waals surface area contributed by atoms with Crippen LogP contribution in [0, 0.1) is 12.1 Å². The van der Waals surface area contributed by atoms with E-state index in [1.54, 1.807) is 0 Å². The fourth-order valence-corrected chi connectivity index (χ4v) is 6.26. The molecular formula is C38H22N4OPt. The molecule has 9 rings (SSSR count). The number of benzene rings is 5. The molecular weight excluding hydrogens is 724 g/mol. The first-order valence-electron chi connectivity index (χ1n) is 14.2. The summed E-state index contributed by atoms with van der Waals surface area (Å²) in [5.41, 5.74) is 8.46. The second-order valence-electron chi connectivity index (χ2n) is 10.5. The Labute approximate surface area is 268 Å². The molecule has 0 N–H and O–H groups in total. The number of ether oxygens (including phenoxy) is 1. The van der Waals surface area contributed by atoms with Gasteiger partial charge in [-0.3, -0.25) is 4.98 Å². The number of fused-ring (bicyclic) bond motifs is 11. The van der Waals surface area contributed by atoms with Crippen molar-refractivity contribution in [2.24, 2.45) is 0 Å². The molecule has 0 aliphatic carbocycles. The Kier molecular flexibility index (Phi) is 6.28. The third-order valence-electron chi connectivity index (χ3n) is 8.11. The molecule has 44 heavy (non-hydrogen) atoms. The van der Waals surface area contributed by atoms with Gasteiger partial charge >= 0.3 is 21.1 Å². The number of para-hydroxylation sites is 2. The van der Waals surface area contributed by atoms with Gasteiger partial charge in [0.15, 0.2) is 0 Å². The molecule has 5 aromatic carbocycles. The third-order valence-corrected chi connectivity index (χ3v) is 8.11. The van der Waals surface area contributed by atoms with Crippen LogP contribution >= 0.6 is 0 Å². The maximum Gasteiger partial charge on any atom is 2.00 e. The number of hydrogen-bond acceptors (Lipinski definition) is 3. The van der Waals surface area contributed by atoms with Crippen LogP contribution in [-0.2, 0) is 21.1 Å². The molecule has 0 fully saturated rings. The minimum absolute atomic E-state index is 0. The predicted molar refractivity (Wildman–Crippen MR) is 170 cm³/mol. The fourth-order valence-electron chi connectivity index (χ4n) is 6.26. The van der Waals surface area contributed by atoms with Crippen LogP contribution in [0.15, 0.2) is 134 Å². The number of nitrogens with zero attached hydrogens (tertiary/aromatic N) is 4. The van der Waals surface area contributed by atoms with Crippen molar-refractivity contribution in [1.82, 2.24) is 19.1 Å². The average Bonchev–Trinajstić information content (AvgIpc) is 3.67. The van der Waals surface area contributed by atoms with Crippen LogP contribution in [0.25, 0.3) is 67.0 Å². The van der Waals surface area contributed by atoms with Crippen molar-refractivity contribution < 1.29 is 25.8 Å². The van der Waals surface area contributed by atoms with E-state index >= 15 is 0 Å². The first kappa shape index (κ1) is 26.4. The van der Waals surface area contributed by atoms with Crippen LogP contribution in [-0.4, -0.2) is 19.1 Å². The minimum atomic E-state index is 0. The molecule has 0 atom stereocenters. The average molecular weight is 746 g/mol. The molecule has 0 unspecified atom stereocenters. The predicted octanol–water partition coefficient (Wildman–Crippen LogP) is 9.07. The van der Waals surface area contributed by atoms with Gasteiger partial charge in [-0.05, 0) is 35.2 Å². The van der Waals surface area contributed by atoms with Crippen molar-refractivity contribution in [2.75, 3.05) is 0 Å². The van der Waals surface area contributed by atoms with Gasteiger partial charge in [-0.1, -0.05) is 95.0 Å². The van der Waals surface area contributed by atoms with Gasteiger partial charge in [0.25, 0.3) is 0 Å². The van der Waals surface area contributed by atoms with E-state index in [-0.39, 0.29) is 21.1 Å². The zero-order valence-corrected chi connectivity index (χ0v) is 25.5. The summed E-state index contributed by atoms with van der Waals surface area (Å²) >= 11 is 0. The Bertz CT molecular complexity index is 2340. The normalized spacial score (nSPS) is 11.5. The number of hydrogen-bond donors (Lipinski definition) is 0. The summed E-state index contributed by atoms with van der Waals surface area (Å²) in [5.74, 6) is 2.84. The Morgan fingerprint density at radius 3 is 2.16 bits per heavy atom. The summed E-state index contributed by atoms with van der Waals surface area (Å²) in [7, 11) is 0. The maximum atomic E-state index is 6.48. The van der Waals surface area contributed by atoms with Crippen molar-refractivity contribution in [3.63, 3.8) is 0 Å². The Hall–Kier alpha value is -5.25. The molecule has 0 bridgehead atoms. The van der Waals surface area contributed by atoms with Crippen molar-refractivity contribution >= 4 is 21.8 Å². The van der Waals surface area contributed by atoms with Crippen LogP contribution < -0.4 is 4.74 Å². The zero-order valence-electron chi connectivity index (χ0n) is 23.2. The summed E-state index contributed by atoms with van der Waals surface area (Å²) < 4.78 is 10.7. The number of aromatic nitrogens is 4. The quantitative estimate of drug-likeness (QED) is 0.170. The Balaban J connectivity index is 0.00000289. The van der Waals surface area contributed by atoms with E-state index in [1.807, 2.05) is 55.0 Å². The van der Waals surface area contributed by atoms with Crippen LogP contribution in [0.4, 0.5) is 0 Å². The molecule has 8 aromatic rings.